The number of nitrogens with one attached hydrogen (secondary N) is 2. The quantitative estimate of drug-likeness (QED) is 0.493. The number of hydrogen-bond acceptors (Lipinski definition) is 3. The van der Waals surface area contributed by atoms with Crippen LogP contribution in [0.25, 0.3) is 21.9 Å². The lowest BCUT2D eigenvalue weighted by Gasteiger charge is -2.14. The summed E-state index contributed by atoms with van der Waals surface area (Å²) < 4.78 is 14.9. The van der Waals surface area contributed by atoms with Gasteiger partial charge in [0.15, 0.2) is 0 Å². The Morgan fingerprint density at radius 3 is 2.83 bits per heavy atom. The van der Waals surface area contributed by atoms with Gasteiger partial charge in [0.2, 0.25) is 5.91 Å². The van der Waals surface area contributed by atoms with Crippen LogP contribution >= 0.6 is 0 Å². The Morgan fingerprint density at radius 2 is 2.03 bits per heavy atom. The maximum absolute atomic E-state index is 13.5. The van der Waals surface area contributed by atoms with Crippen molar-refractivity contribution < 1.29 is 9.18 Å². The van der Waals surface area contributed by atoms with E-state index in [0.717, 1.165) is 12.8 Å². The first-order valence-electron chi connectivity index (χ1n) is 10.0. The number of carbonyl (C=O) groups excluding carboxylic acids is 1. The predicted molar refractivity (Wildman–Crippen MR) is 115 cm³/mol. The molecular weight excluding hydrogens is 383 g/mol. The second-order valence-electron chi connectivity index (χ2n) is 7.52. The highest BCUT2D eigenvalue weighted by Crippen LogP contribution is 2.22. The van der Waals surface area contributed by atoms with Crippen LogP contribution in [0.2, 0.25) is 0 Å². The molecule has 0 spiro atoms. The number of aromatic amines is 1. The van der Waals surface area contributed by atoms with E-state index in [1.807, 2.05) is 25.1 Å². The van der Waals surface area contributed by atoms with E-state index in [-0.39, 0.29) is 36.3 Å². The Bertz CT molecular complexity index is 1250. The summed E-state index contributed by atoms with van der Waals surface area (Å²) in [6.45, 7) is 2.20. The lowest BCUT2D eigenvalue weighted by atomic mass is 10.1. The molecule has 0 aliphatic heterocycles. The number of amides is 1. The number of aryl methyl sites for hydroxylation is 2. The van der Waals surface area contributed by atoms with Crippen molar-refractivity contribution >= 4 is 27.8 Å². The van der Waals surface area contributed by atoms with Gasteiger partial charge in [-0.15, -0.1) is 0 Å². The molecule has 0 saturated carbocycles. The van der Waals surface area contributed by atoms with Gasteiger partial charge in [-0.05, 0) is 43.5 Å². The lowest BCUT2D eigenvalue weighted by Crippen LogP contribution is -2.34. The van der Waals surface area contributed by atoms with Crippen LogP contribution in [0.1, 0.15) is 25.3 Å². The van der Waals surface area contributed by atoms with Crippen LogP contribution in [-0.4, -0.2) is 26.5 Å². The topological polar surface area (TPSA) is 79.8 Å². The fraction of sp³-hybridized carbons (Fsp3) is 0.261. The highest BCUT2D eigenvalue weighted by molar-refractivity contribution is 6.04. The molecule has 2 aromatic heterocycles. The third kappa shape index (κ3) is 4.25. The van der Waals surface area contributed by atoms with Gasteiger partial charge < -0.3 is 10.3 Å². The molecule has 30 heavy (non-hydrogen) atoms. The van der Waals surface area contributed by atoms with Crippen LogP contribution in [0.5, 0.6) is 0 Å². The van der Waals surface area contributed by atoms with Crippen LogP contribution in [0.4, 0.5) is 4.39 Å². The molecule has 0 unspecified atom stereocenters. The number of H-pyrrole nitrogens is 1. The summed E-state index contributed by atoms with van der Waals surface area (Å²) in [6, 6.07) is 14.4. The maximum Gasteiger partial charge on any atom is 0.277 e. The zero-order valence-electron chi connectivity index (χ0n) is 16.7. The molecule has 0 aliphatic carbocycles. The van der Waals surface area contributed by atoms with E-state index in [4.69, 9.17) is 0 Å². The average molecular weight is 406 g/mol. The number of aromatic nitrogens is 3. The SMILES string of the molecule is C[C@@H](CCc1ccccc1)NC(=O)CCn1cnc2c([nH]c3ccc(F)cc32)c1=O. The smallest absolute Gasteiger partial charge is 0.277 e. The van der Waals surface area contributed by atoms with Crippen LogP contribution in [0.15, 0.2) is 59.7 Å². The standard InChI is InChI=1S/C23H23FN4O2/c1-15(7-8-16-5-3-2-4-6-16)26-20(29)11-12-28-14-25-21-18-13-17(24)9-10-19(18)27-22(21)23(28)30/h2-6,9-10,13-15,27H,7-8,11-12H2,1H3,(H,26,29)/t15-/m0/s1. The van der Waals surface area contributed by atoms with Crippen molar-refractivity contribution in [1.29, 1.82) is 0 Å². The van der Waals surface area contributed by atoms with E-state index in [2.05, 4.69) is 27.4 Å². The minimum absolute atomic E-state index is 0.0404. The van der Waals surface area contributed by atoms with Gasteiger partial charge in [0.1, 0.15) is 16.9 Å². The van der Waals surface area contributed by atoms with Crippen molar-refractivity contribution in [1.82, 2.24) is 19.9 Å². The Morgan fingerprint density at radius 1 is 1.23 bits per heavy atom. The molecular formula is C23H23FN4O2. The lowest BCUT2D eigenvalue weighted by molar-refractivity contribution is -0.121. The van der Waals surface area contributed by atoms with Crippen LogP contribution < -0.4 is 10.9 Å². The van der Waals surface area contributed by atoms with Gasteiger partial charge in [0, 0.05) is 29.9 Å². The molecule has 1 atom stereocenters. The van der Waals surface area contributed by atoms with Gasteiger partial charge >= 0.3 is 0 Å². The minimum Gasteiger partial charge on any atom is -0.354 e. The Balaban J connectivity index is 1.38. The molecule has 1 amide bonds. The molecule has 0 saturated heterocycles. The number of halogens is 1. The van der Waals surface area contributed by atoms with Crippen molar-refractivity contribution in [3.8, 4) is 0 Å². The number of benzene rings is 2. The van der Waals surface area contributed by atoms with Gasteiger partial charge in [-0.2, -0.15) is 0 Å². The summed E-state index contributed by atoms with van der Waals surface area (Å²) in [6.07, 6.45) is 3.32. The van der Waals surface area contributed by atoms with E-state index >= 15 is 0 Å². The van der Waals surface area contributed by atoms with Gasteiger partial charge in [0.25, 0.3) is 5.56 Å². The molecule has 4 rings (SSSR count). The summed E-state index contributed by atoms with van der Waals surface area (Å²) in [4.78, 5) is 32.3. The van der Waals surface area contributed by atoms with E-state index < -0.39 is 0 Å². The number of nitrogens with zero attached hydrogens (tertiary/aromatic N) is 2. The molecule has 0 bridgehead atoms. The summed E-state index contributed by atoms with van der Waals surface area (Å²) >= 11 is 0. The molecule has 2 N–H and O–H groups in total. The van der Waals surface area contributed by atoms with Crippen LogP contribution in [-0.2, 0) is 17.8 Å². The predicted octanol–water partition coefficient (Wildman–Crippen LogP) is 3.54. The fourth-order valence-corrected chi connectivity index (χ4v) is 3.59. The number of carbonyl (C=O) groups is 1. The Hall–Kier alpha value is -3.48. The second kappa shape index (κ2) is 8.49. The summed E-state index contributed by atoms with van der Waals surface area (Å²) in [5.74, 6) is -0.492. The number of fused-ring (bicyclic) bond motifs is 3. The van der Waals surface area contributed by atoms with Crippen LogP contribution in [0.3, 0.4) is 0 Å². The van der Waals surface area contributed by atoms with E-state index in [1.165, 1.54) is 28.6 Å². The first kappa shape index (κ1) is 19.8. The maximum atomic E-state index is 13.5. The number of rotatable bonds is 7. The number of hydrogen-bond donors (Lipinski definition) is 2. The molecule has 6 nitrogen and oxygen atoms in total. The molecule has 2 heterocycles. The van der Waals surface area contributed by atoms with Gasteiger partial charge in [0.05, 0.1) is 6.33 Å². The second-order valence-corrected chi connectivity index (χ2v) is 7.52. The van der Waals surface area contributed by atoms with Crippen molar-refractivity contribution in [2.24, 2.45) is 0 Å². The molecule has 0 radical (unpaired) electrons. The van der Waals surface area contributed by atoms with Crippen molar-refractivity contribution in [2.45, 2.75) is 38.8 Å². The molecule has 7 heteroatoms. The van der Waals surface area contributed by atoms with Gasteiger partial charge in [-0.3, -0.25) is 14.2 Å². The zero-order valence-corrected chi connectivity index (χ0v) is 16.7. The fourth-order valence-electron chi connectivity index (χ4n) is 3.59. The van der Waals surface area contributed by atoms with Crippen molar-refractivity contribution in [3.05, 3.63) is 76.6 Å². The highest BCUT2D eigenvalue weighted by Gasteiger charge is 2.13. The van der Waals surface area contributed by atoms with Gasteiger partial charge in [-0.25, -0.2) is 9.37 Å². The van der Waals surface area contributed by atoms with E-state index in [1.54, 1.807) is 6.07 Å². The minimum atomic E-state index is -0.382. The average Bonchev–Trinajstić information content (AvgIpc) is 3.11. The Labute approximate surface area is 172 Å². The first-order valence-corrected chi connectivity index (χ1v) is 10.0. The molecule has 0 aliphatic rings. The molecule has 4 aromatic rings. The normalized spacial score (nSPS) is 12.3. The highest BCUT2D eigenvalue weighted by atomic mass is 19.1. The monoisotopic (exact) mass is 406 g/mol. The Kier molecular flexibility index (Phi) is 5.61. The largest absolute Gasteiger partial charge is 0.354 e. The van der Waals surface area contributed by atoms with Crippen LogP contribution in [0, 0.1) is 5.82 Å². The summed E-state index contributed by atoms with van der Waals surface area (Å²) in [5.41, 5.74) is 2.36. The summed E-state index contributed by atoms with van der Waals surface area (Å²) in [7, 11) is 0. The molecule has 2 aromatic carbocycles. The van der Waals surface area contributed by atoms with Crippen molar-refractivity contribution in [3.63, 3.8) is 0 Å². The molecule has 154 valence electrons. The third-order valence-corrected chi connectivity index (χ3v) is 5.23. The molecule has 0 fully saturated rings. The van der Waals surface area contributed by atoms with Crippen molar-refractivity contribution in [2.75, 3.05) is 0 Å². The zero-order chi connectivity index (χ0) is 21.1. The summed E-state index contributed by atoms with van der Waals surface area (Å²) in [5, 5.41) is 3.55. The first-order chi connectivity index (χ1) is 14.5. The van der Waals surface area contributed by atoms with E-state index in [9.17, 15) is 14.0 Å². The van der Waals surface area contributed by atoms with Gasteiger partial charge in [-0.1, -0.05) is 30.3 Å². The van der Waals surface area contributed by atoms with E-state index in [0.29, 0.717) is 21.9 Å². The third-order valence-electron chi connectivity index (χ3n) is 5.23.